The number of carbonyl (C=O) groups excluding carboxylic acids is 2. The van der Waals surface area contributed by atoms with Gasteiger partial charge in [-0.3, -0.25) is 9.59 Å². The Morgan fingerprint density at radius 3 is 2.59 bits per heavy atom. The molecule has 0 aliphatic carbocycles. The zero-order chi connectivity index (χ0) is 19.2. The van der Waals surface area contributed by atoms with Crippen molar-refractivity contribution in [3.05, 3.63) is 48.0 Å². The van der Waals surface area contributed by atoms with E-state index in [2.05, 4.69) is 10.6 Å². The van der Waals surface area contributed by atoms with E-state index in [4.69, 9.17) is 14.2 Å². The monoisotopic (exact) mass is 372 g/mol. The number of aliphatic hydroxyl groups excluding tert-OH is 1. The summed E-state index contributed by atoms with van der Waals surface area (Å²) in [6, 6.07) is 10.9. The number of fused-ring (bicyclic) bond motifs is 1. The van der Waals surface area contributed by atoms with Crippen LogP contribution in [0.4, 0.5) is 5.69 Å². The molecular weight excluding hydrogens is 352 g/mol. The molecule has 3 N–H and O–H groups in total. The number of aliphatic hydroxyl groups is 1. The second kappa shape index (κ2) is 8.41. The van der Waals surface area contributed by atoms with Crippen LogP contribution in [0.15, 0.2) is 42.5 Å². The van der Waals surface area contributed by atoms with E-state index < -0.39 is 24.5 Å². The van der Waals surface area contributed by atoms with Gasteiger partial charge in [0.15, 0.2) is 11.5 Å². The van der Waals surface area contributed by atoms with Crippen LogP contribution in [0.2, 0.25) is 0 Å². The number of anilines is 1. The number of rotatable bonds is 7. The van der Waals surface area contributed by atoms with Crippen LogP contribution in [0.3, 0.4) is 0 Å². The first-order valence-corrected chi connectivity index (χ1v) is 8.32. The summed E-state index contributed by atoms with van der Waals surface area (Å²) in [4.78, 5) is 24.5. The van der Waals surface area contributed by atoms with Crippen LogP contribution in [0, 0.1) is 0 Å². The minimum Gasteiger partial charge on any atom is -0.497 e. The van der Waals surface area contributed by atoms with Crippen molar-refractivity contribution in [1.29, 1.82) is 0 Å². The van der Waals surface area contributed by atoms with E-state index in [1.807, 2.05) is 0 Å². The van der Waals surface area contributed by atoms with Gasteiger partial charge in [0.25, 0.3) is 0 Å². The van der Waals surface area contributed by atoms with Gasteiger partial charge in [0, 0.05) is 5.69 Å². The van der Waals surface area contributed by atoms with Gasteiger partial charge in [-0.25, -0.2) is 0 Å². The molecule has 1 aliphatic heterocycles. The zero-order valence-electron chi connectivity index (χ0n) is 14.7. The molecule has 0 radical (unpaired) electrons. The zero-order valence-corrected chi connectivity index (χ0v) is 14.7. The summed E-state index contributed by atoms with van der Waals surface area (Å²) >= 11 is 0. The minimum atomic E-state index is -1.06. The maximum absolute atomic E-state index is 12.3. The maximum atomic E-state index is 12.3. The van der Waals surface area contributed by atoms with Crippen LogP contribution in [0.5, 0.6) is 17.2 Å². The highest BCUT2D eigenvalue weighted by molar-refractivity contribution is 5.97. The van der Waals surface area contributed by atoms with E-state index >= 15 is 0 Å². The van der Waals surface area contributed by atoms with Crippen LogP contribution < -0.4 is 24.8 Å². The molecule has 142 valence electrons. The standard InChI is InChI=1S/C19H20N2O6/c1-25-14-5-3-13(4-6-14)20-19(24)15(10-22)21-18(23)9-12-2-7-16-17(8-12)27-11-26-16/h2-8,15,22H,9-11H2,1H3,(H,20,24)(H,21,23). The Hall–Kier alpha value is -3.26. The van der Waals surface area contributed by atoms with Crippen molar-refractivity contribution < 1.29 is 28.9 Å². The topological polar surface area (TPSA) is 106 Å². The number of amides is 2. The maximum Gasteiger partial charge on any atom is 0.249 e. The summed E-state index contributed by atoms with van der Waals surface area (Å²) in [6.45, 7) is -0.363. The molecule has 1 unspecified atom stereocenters. The van der Waals surface area contributed by atoms with E-state index in [-0.39, 0.29) is 13.2 Å². The third kappa shape index (κ3) is 4.68. The Balaban J connectivity index is 1.56. The Morgan fingerprint density at radius 2 is 1.89 bits per heavy atom. The van der Waals surface area contributed by atoms with Crippen LogP contribution in [0.1, 0.15) is 5.56 Å². The lowest BCUT2D eigenvalue weighted by Crippen LogP contribution is -2.46. The average Bonchev–Trinajstić information content (AvgIpc) is 3.14. The van der Waals surface area contributed by atoms with Gasteiger partial charge in [-0.15, -0.1) is 0 Å². The number of ether oxygens (including phenoxy) is 3. The fraction of sp³-hybridized carbons (Fsp3) is 0.263. The summed E-state index contributed by atoms with van der Waals surface area (Å²) in [7, 11) is 1.55. The highest BCUT2D eigenvalue weighted by Gasteiger charge is 2.21. The molecule has 1 atom stereocenters. The Bertz CT molecular complexity index is 821. The molecule has 2 aromatic carbocycles. The second-order valence-electron chi connectivity index (χ2n) is 5.88. The van der Waals surface area contributed by atoms with Crippen molar-refractivity contribution in [2.45, 2.75) is 12.5 Å². The first-order chi connectivity index (χ1) is 13.1. The molecule has 3 rings (SSSR count). The summed E-state index contributed by atoms with van der Waals surface area (Å²) in [5.41, 5.74) is 1.24. The first-order valence-electron chi connectivity index (χ1n) is 8.32. The Labute approximate surface area is 156 Å². The molecule has 0 saturated heterocycles. The van der Waals surface area contributed by atoms with Crippen molar-refractivity contribution in [3.8, 4) is 17.2 Å². The molecule has 2 aromatic rings. The number of nitrogens with one attached hydrogen (secondary N) is 2. The van der Waals surface area contributed by atoms with E-state index in [1.165, 1.54) is 0 Å². The van der Waals surface area contributed by atoms with Gasteiger partial charge in [-0.1, -0.05) is 6.07 Å². The lowest BCUT2D eigenvalue weighted by Gasteiger charge is -2.16. The van der Waals surface area contributed by atoms with Crippen molar-refractivity contribution in [2.24, 2.45) is 0 Å². The van der Waals surface area contributed by atoms with Crippen molar-refractivity contribution in [3.63, 3.8) is 0 Å². The molecule has 1 heterocycles. The lowest BCUT2D eigenvalue weighted by molar-refractivity contribution is -0.126. The summed E-state index contributed by atoms with van der Waals surface area (Å²) in [6.07, 6.45) is 0.0446. The third-order valence-electron chi connectivity index (χ3n) is 3.99. The van der Waals surface area contributed by atoms with Gasteiger partial charge in [-0.05, 0) is 42.0 Å². The van der Waals surface area contributed by atoms with Crippen LogP contribution in [0.25, 0.3) is 0 Å². The second-order valence-corrected chi connectivity index (χ2v) is 5.88. The molecular formula is C19H20N2O6. The number of hydrogen-bond donors (Lipinski definition) is 3. The number of hydrogen-bond acceptors (Lipinski definition) is 6. The van der Waals surface area contributed by atoms with Gasteiger partial charge < -0.3 is 30.0 Å². The molecule has 8 heteroatoms. The minimum absolute atomic E-state index is 0.0446. The lowest BCUT2D eigenvalue weighted by atomic mass is 10.1. The molecule has 0 bridgehead atoms. The summed E-state index contributed by atoms with van der Waals surface area (Å²) in [5.74, 6) is 0.964. The van der Waals surface area contributed by atoms with Crippen molar-refractivity contribution in [2.75, 3.05) is 25.8 Å². The average molecular weight is 372 g/mol. The van der Waals surface area contributed by atoms with Crippen LogP contribution in [-0.2, 0) is 16.0 Å². The van der Waals surface area contributed by atoms with Gasteiger partial charge in [0.2, 0.25) is 18.6 Å². The molecule has 0 spiro atoms. The summed E-state index contributed by atoms with van der Waals surface area (Å²) in [5, 5.41) is 14.6. The van der Waals surface area contributed by atoms with E-state index in [9.17, 15) is 14.7 Å². The van der Waals surface area contributed by atoms with E-state index in [1.54, 1.807) is 49.6 Å². The normalized spacial score (nSPS) is 13.0. The SMILES string of the molecule is COc1ccc(NC(=O)C(CO)NC(=O)Cc2ccc3c(c2)OCO3)cc1. The number of carbonyl (C=O) groups is 2. The smallest absolute Gasteiger partial charge is 0.249 e. The highest BCUT2D eigenvalue weighted by atomic mass is 16.7. The van der Waals surface area contributed by atoms with E-state index in [0.717, 1.165) is 0 Å². The fourth-order valence-electron chi connectivity index (χ4n) is 2.58. The van der Waals surface area contributed by atoms with E-state index in [0.29, 0.717) is 28.5 Å². The van der Waals surface area contributed by atoms with Crippen molar-refractivity contribution in [1.82, 2.24) is 5.32 Å². The van der Waals surface area contributed by atoms with Crippen LogP contribution >= 0.6 is 0 Å². The summed E-state index contributed by atoms with van der Waals surface area (Å²) < 4.78 is 15.6. The predicted molar refractivity (Wildman–Crippen MR) is 96.9 cm³/mol. The molecule has 8 nitrogen and oxygen atoms in total. The molecule has 2 amide bonds. The van der Waals surface area contributed by atoms with Crippen molar-refractivity contribution >= 4 is 17.5 Å². The largest absolute Gasteiger partial charge is 0.497 e. The van der Waals surface area contributed by atoms with Gasteiger partial charge in [-0.2, -0.15) is 0 Å². The highest BCUT2D eigenvalue weighted by Crippen LogP contribution is 2.32. The number of benzene rings is 2. The third-order valence-corrected chi connectivity index (χ3v) is 3.99. The van der Waals surface area contributed by atoms with Gasteiger partial charge in [0.05, 0.1) is 20.1 Å². The molecule has 0 fully saturated rings. The molecule has 0 aromatic heterocycles. The quantitative estimate of drug-likeness (QED) is 0.672. The molecule has 1 aliphatic rings. The Kier molecular flexibility index (Phi) is 5.77. The number of methoxy groups -OCH3 is 1. The fourth-order valence-corrected chi connectivity index (χ4v) is 2.58. The molecule has 27 heavy (non-hydrogen) atoms. The van der Waals surface area contributed by atoms with Crippen LogP contribution in [-0.4, -0.2) is 43.5 Å². The van der Waals surface area contributed by atoms with Gasteiger partial charge in [0.1, 0.15) is 11.8 Å². The first kappa shape index (κ1) is 18.5. The predicted octanol–water partition coefficient (Wildman–Crippen LogP) is 1.08. The molecule has 0 saturated carbocycles. The Morgan fingerprint density at radius 1 is 1.15 bits per heavy atom. The van der Waals surface area contributed by atoms with Gasteiger partial charge >= 0.3 is 0 Å².